The average Bonchev–Trinajstić information content (AvgIpc) is 1.92. The van der Waals surface area contributed by atoms with Gasteiger partial charge in [0.1, 0.15) is 0 Å². The van der Waals surface area contributed by atoms with Gasteiger partial charge in [-0.15, -0.1) is 0 Å². The summed E-state index contributed by atoms with van der Waals surface area (Å²) in [6, 6.07) is 5.14. The van der Waals surface area contributed by atoms with E-state index < -0.39 is 10.0 Å². The Bertz CT molecular complexity index is 400. The number of halogens is 1. The minimum Gasteiger partial charge on any atom is -0.225 e. The zero-order valence-electron chi connectivity index (χ0n) is 6.41. The van der Waals surface area contributed by atoms with Gasteiger partial charge in [-0.2, -0.15) is 0 Å². The first-order chi connectivity index (χ1) is 5.41. The predicted octanol–water partition coefficient (Wildman–Crippen LogP) is 1.25. The zero-order chi connectivity index (χ0) is 9.35. The van der Waals surface area contributed by atoms with E-state index in [-0.39, 0.29) is 4.90 Å². The summed E-state index contributed by atoms with van der Waals surface area (Å²) >= 11 is 1.94. The van der Waals surface area contributed by atoms with Gasteiger partial charge in [0, 0.05) is 3.57 Å². The summed E-state index contributed by atoms with van der Waals surface area (Å²) < 4.78 is 22.6. The van der Waals surface area contributed by atoms with Crippen molar-refractivity contribution in [2.75, 3.05) is 0 Å². The van der Waals surface area contributed by atoms with E-state index in [1.165, 1.54) is 0 Å². The van der Waals surface area contributed by atoms with Crippen LogP contribution >= 0.6 is 22.6 Å². The van der Waals surface area contributed by atoms with Crippen LogP contribution < -0.4 is 5.14 Å². The van der Waals surface area contributed by atoms with E-state index in [1.807, 2.05) is 35.6 Å². The van der Waals surface area contributed by atoms with Crippen molar-refractivity contribution in [2.45, 2.75) is 11.8 Å². The second-order valence-corrected chi connectivity index (χ2v) is 5.17. The van der Waals surface area contributed by atoms with Crippen LogP contribution in [0.15, 0.2) is 23.1 Å². The first kappa shape index (κ1) is 9.94. The molecule has 12 heavy (non-hydrogen) atoms. The molecule has 0 aliphatic rings. The summed E-state index contributed by atoms with van der Waals surface area (Å²) in [7, 11) is -3.56. The molecular weight excluding hydrogens is 289 g/mol. The predicted molar refractivity (Wildman–Crippen MR) is 55.3 cm³/mol. The smallest absolute Gasteiger partial charge is 0.225 e. The van der Waals surface area contributed by atoms with Crippen LogP contribution in [0, 0.1) is 10.5 Å². The molecule has 0 aliphatic heterocycles. The van der Waals surface area contributed by atoms with E-state index >= 15 is 0 Å². The lowest BCUT2D eigenvalue weighted by molar-refractivity contribution is 0.597. The van der Waals surface area contributed by atoms with Crippen LogP contribution in [0.25, 0.3) is 0 Å². The maximum absolute atomic E-state index is 11.0. The molecule has 0 bridgehead atoms. The summed E-state index contributed by atoms with van der Waals surface area (Å²) in [6.07, 6.45) is 0. The van der Waals surface area contributed by atoms with Gasteiger partial charge in [-0.05, 0) is 47.2 Å². The third-order valence-corrected chi connectivity index (χ3v) is 3.65. The van der Waals surface area contributed by atoms with Gasteiger partial charge < -0.3 is 0 Å². The molecule has 0 spiro atoms. The molecule has 0 unspecified atom stereocenters. The molecule has 5 heteroatoms. The van der Waals surface area contributed by atoms with Gasteiger partial charge in [0.15, 0.2) is 0 Å². The highest BCUT2D eigenvalue weighted by molar-refractivity contribution is 14.1. The molecule has 0 atom stereocenters. The summed E-state index contributed by atoms with van der Waals surface area (Å²) in [5.41, 5.74) is 0.888. The van der Waals surface area contributed by atoms with E-state index in [4.69, 9.17) is 5.14 Å². The van der Waals surface area contributed by atoms with Crippen molar-refractivity contribution in [2.24, 2.45) is 5.14 Å². The third kappa shape index (κ3) is 2.18. The minimum absolute atomic E-state index is 0.197. The summed E-state index contributed by atoms with van der Waals surface area (Å²) in [5.74, 6) is 0. The largest absolute Gasteiger partial charge is 0.239 e. The Labute approximate surface area is 85.2 Å². The van der Waals surface area contributed by atoms with Crippen molar-refractivity contribution in [3.05, 3.63) is 27.3 Å². The second kappa shape index (κ2) is 3.31. The number of hydrogen-bond donors (Lipinski definition) is 1. The second-order valence-electron chi connectivity index (χ2n) is 2.48. The van der Waals surface area contributed by atoms with Crippen LogP contribution in [0.1, 0.15) is 5.56 Å². The molecule has 3 nitrogen and oxygen atoms in total. The number of aryl methyl sites for hydroxylation is 1. The number of rotatable bonds is 1. The van der Waals surface area contributed by atoms with Crippen LogP contribution in [0.2, 0.25) is 0 Å². The molecule has 0 saturated carbocycles. The number of nitrogens with two attached hydrogens (primary N) is 1. The fraction of sp³-hybridized carbons (Fsp3) is 0.143. The van der Waals surface area contributed by atoms with E-state index in [0.717, 1.165) is 5.56 Å². The van der Waals surface area contributed by atoms with E-state index in [1.54, 1.807) is 12.1 Å². The molecule has 0 aliphatic carbocycles. The summed E-state index contributed by atoms with van der Waals surface area (Å²) in [5, 5.41) is 4.99. The Morgan fingerprint density at radius 3 is 2.42 bits per heavy atom. The maximum atomic E-state index is 11.0. The molecule has 1 aromatic carbocycles. The average molecular weight is 297 g/mol. The minimum atomic E-state index is -3.56. The lowest BCUT2D eigenvalue weighted by Crippen LogP contribution is -2.13. The SMILES string of the molecule is Cc1ccc(I)c(S(N)(=O)=O)c1. The molecule has 1 aromatic rings. The Morgan fingerprint density at radius 1 is 1.42 bits per heavy atom. The molecule has 0 amide bonds. The van der Waals surface area contributed by atoms with Crippen molar-refractivity contribution in [3.8, 4) is 0 Å². The highest BCUT2D eigenvalue weighted by Crippen LogP contribution is 2.17. The molecule has 0 fully saturated rings. The van der Waals surface area contributed by atoms with Gasteiger partial charge in [-0.1, -0.05) is 6.07 Å². The quantitative estimate of drug-likeness (QED) is 0.793. The fourth-order valence-corrected chi connectivity index (χ4v) is 2.77. The van der Waals surface area contributed by atoms with E-state index in [0.29, 0.717) is 3.57 Å². The number of benzene rings is 1. The molecule has 0 saturated heterocycles. The van der Waals surface area contributed by atoms with E-state index in [2.05, 4.69) is 0 Å². The van der Waals surface area contributed by atoms with Gasteiger partial charge in [-0.3, -0.25) is 0 Å². The van der Waals surface area contributed by atoms with Crippen molar-refractivity contribution in [1.82, 2.24) is 0 Å². The lowest BCUT2D eigenvalue weighted by Gasteiger charge is -2.01. The van der Waals surface area contributed by atoms with Crippen LogP contribution in [-0.4, -0.2) is 8.42 Å². The Morgan fingerprint density at radius 2 is 2.00 bits per heavy atom. The molecule has 0 aromatic heterocycles. The first-order valence-corrected chi connectivity index (χ1v) is 5.83. The van der Waals surface area contributed by atoms with Crippen molar-refractivity contribution < 1.29 is 8.42 Å². The first-order valence-electron chi connectivity index (χ1n) is 3.20. The normalized spacial score (nSPS) is 11.6. The van der Waals surface area contributed by atoms with Crippen molar-refractivity contribution >= 4 is 32.6 Å². The van der Waals surface area contributed by atoms with Crippen molar-refractivity contribution in [1.29, 1.82) is 0 Å². The van der Waals surface area contributed by atoms with Crippen molar-refractivity contribution in [3.63, 3.8) is 0 Å². The summed E-state index contributed by atoms with van der Waals surface area (Å²) in [6.45, 7) is 1.82. The Kier molecular flexibility index (Phi) is 2.74. The maximum Gasteiger partial charge on any atom is 0.239 e. The lowest BCUT2D eigenvalue weighted by atomic mass is 10.2. The Balaban J connectivity index is 3.43. The molecule has 66 valence electrons. The molecule has 0 heterocycles. The number of sulfonamides is 1. The number of primary sulfonamides is 1. The molecule has 1 rings (SSSR count). The summed E-state index contributed by atoms with van der Waals surface area (Å²) in [4.78, 5) is 0.197. The topological polar surface area (TPSA) is 60.2 Å². The van der Waals surface area contributed by atoms with Gasteiger partial charge in [0.25, 0.3) is 0 Å². The highest BCUT2D eigenvalue weighted by atomic mass is 127. The van der Waals surface area contributed by atoms with Gasteiger partial charge in [-0.25, -0.2) is 13.6 Å². The Hall–Kier alpha value is -0.140. The van der Waals surface area contributed by atoms with Gasteiger partial charge >= 0.3 is 0 Å². The van der Waals surface area contributed by atoms with Crippen LogP contribution in [0.3, 0.4) is 0 Å². The van der Waals surface area contributed by atoms with Gasteiger partial charge in [0.2, 0.25) is 10.0 Å². The zero-order valence-corrected chi connectivity index (χ0v) is 9.39. The standard InChI is InChI=1S/C7H8INO2S/c1-5-2-3-6(8)7(4-5)12(9,10)11/h2-4H,1H3,(H2,9,10,11). The molecule has 0 radical (unpaired) electrons. The number of hydrogen-bond acceptors (Lipinski definition) is 2. The highest BCUT2D eigenvalue weighted by Gasteiger charge is 2.11. The van der Waals surface area contributed by atoms with Crippen LogP contribution in [0.5, 0.6) is 0 Å². The van der Waals surface area contributed by atoms with E-state index in [9.17, 15) is 8.42 Å². The monoisotopic (exact) mass is 297 g/mol. The molecule has 2 N–H and O–H groups in total. The molecular formula is C7H8INO2S. The van der Waals surface area contributed by atoms with Crippen LogP contribution in [-0.2, 0) is 10.0 Å². The van der Waals surface area contributed by atoms with Gasteiger partial charge in [0.05, 0.1) is 4.90 Å². The third-order valence-electron chi connectivity index (χ3n) is 1.39. The fourth-order valence-electron chi connectivity index (χ4n) is 0.829. The van der Waals surface area contributed by atoms with Crippen LogP contribution in [0.4, 0.5) is 0 Å².